The van der Waals surface area contributed by atoms with E-state index in [2.05, 4.69) is 20.8 Å². The number of unbranched alkanes of at least 4 members (excludes halogenated alkanes) is 1. The fourth-order valence-corrected chi connectivity index (χ4v) is 1.49. The Hall–Kier alpha value is 0.700. The van der Waals surface area contributed by atoms with E-state index in [0.29, 0.717) is 5.41 Å². The van der Waals surface area contributed by atoms with Crippen molar-refractivity contribution in [2.75, 3.05) is 5.75 Å². The molecule has 0 bridgehead atoms. The summed E-state index contributed by atoms with van der Waals surface area (Å²) in [6.45, 7) is 6.86. The maximum absolute atomic E-state index is 4.78. The summed E-state index contributed by atoms with van der Waals surface area (Å²) in [5.74, 6) is 1.14. The first kappa shape index (κ1) is 10.7. The van der Waals surface area contributed by atoms with Crippen LogP contribution in [0.3, 0.4) is 0 Å². The Bertz CT molecular complexity index is 73.8. The zero-order chi connectivity index (χ0) is 8.04. The molecule has 0 aliphatic carbocycles. The fraction of sp³-hybridized carbons (Fsp3) is 1.00. The maximum atomic E-state index is 4.78. The third-order valence-electron chi connectivity index (χ3n) is 1.40. The molecule has 0 aromatic heterocycles. The molecule has 0 aromatic carbocycles. The summed E-state index contributed by atoms with van der Waals surface area (Å²) in [4.78, 5) is 0. The highest BCUT2D eigenvalue weighted by molar-refractivity contribution is 8.68. The first-order chi connectivity index (χ1) is 4.56. The minimum absolute atomic E-state index is 0.506. The molecule has 0 aliphatic heterocycles. The molecular formula is C8H17S2. The number of hydrogen-bond donors (Lipinski definition) is 0. The van der Waals surface area contributed by atoms with Crippen LogP contribution in [0, 0.1) is 5.41 Å². The molecule has 0 unspecified atom stereocenters. The molecule has 0 saturated carbocycles. The van der Waals surface area contributed by atoms with Crippen LogP contribution in [0.4, 0.5) is 0 Å². The van der Waals surface area contributed by atoms with Crippen molar-refractivity contribution in [2.45, 2.75) is 40.0 Å². The van der Waals surface area contributed by atoms with Crippen LogP contribution in [0.15, 0.2) is 0 Å². The first-order valence-corrected chi connectivity index (χ1v) is 5.72. The van der Waals surface area contributed by atoms with Crippen LogP contribution in [-0.2, 0) is 0 Å². The molecule has 0 amide bonds. The van der Waals surface area contributed by atoms with Gasteiger partial charge in [-0.05, 0) is 29.9 Å². The smallest absolute Gasteiger partial charge is 0.00454 e. The van der Waals surface area contributed by atoms with Crippen molar-refractivity contribution in [3.63, 3.8) is 0 Å². The van der Waals surface area contributed by atoms with Gasteiger partial charge in [-0.15, -0.1) is 0 Å². The van der Waals surface area contributed by atoms with Crippen molar-refractivity contribution < 1.29 is 0 Å². The Balaban J connectivity index is 3.04. The van der Waals surface area contributed by atoms with Gasteiger partial charge in [-0.1, -0.05) is 38.0 Å². The van der Waals surface area contributed by atoms with Crippen LogP contribution in [0.25, 0.3) is 0 Å². The van der Waals surface area contributed by atoms with Crippen molar-refractivity contribution in [1.82, 2.24) is 0 Å². The molecule has 0 saturated heterocycles. The summed E-state index contributed by atoms with van der Waals surface area (Å²) in [6.07, 6.45) is 3.93. The molecule has 0 spiro atoms. The Morgan fingerprint density at radius 2 is 1.80 bits per heavy atom. The minimum atomic E-state index is 0.506. The van der Waals surface area contributed by atoms with Crippen molar-refractivity contribution in [3.05, 3.63) is 0 Å². The van der Waals surface area contributed by atoms with Gasteiger partial charge in [0.1, 0.15) is 0 Å². The highest BCUT2D eigenvalue weighted by atomic mass is 33.1. The van der Waals surface area contributed by atoms with E-state index in [-0.39, 0.29) is 0 Å². The molecule has 61 valence electrons. The normalized spacial score (nSPS) is 12.0. The lowest BCUT2D eigenvalue weighted by atomic mass is 9.90. The monoisotopic (exact) mass is 177 g/mol. The lowest BCUT2D eigenvalue weighted by Crippen LogP contribution is -2.04. The third kappa shape index (κ3) is 8.70. The SMILES string of the molecule is CC(C)(C)CCCCS[S]. The van der Waals surface area contributed by atoms with Crippen molar-refractivity contribution in [3.8, 4) is 0 Å². The second kappa shape index (κ2) is 5.36. The number of rotatable bonds is 4. The topological polar surface area (TPSA) is 0 Å². The summed E-state index contributed by atoms with van der Waals surface area (Å²) in [7, 11) is 1.54. The second-order valence-corrected chi connectivity index (χ2v) is 5.19. The van der Waals surface area contributed by atoms with Crippen LogP contribution in [0.1, 0.15) is 40.0 Å². The van der Waals surface area contributed by atoms with E-state index >= 15 is 0 Å². The largest absolute Gasteiger partial charge is 0.0817 e. The summed E-state index contributed by atoms with van der Waals surface area (Å²) >= 11 is 4.78. The molecule has 0 aromatic rings. The highest BCUT2D eigenvalue weighted by Gasteiger charge is 2.08. The fourth-order valence-electron chi connectivity index (χ4n) is 0.816. The lowest BCUT2D eigenvalue weighted by Gasteiger charge is -2.16. The summed E-state index contributed by atoms with van der Waals surface area (Å²) in [5, 5.41) is 0. The summed E-state index contributed by atoms with van der Waals surface area (Å²) in [5.41, 5.74) is 0.506. The van der Waals surface area contributed by atoms with Crippen LogP contribution in [0.2, 0.25) is 0 Å². The lowest BCUT2D eigenvalue weighted by molar-refractivity contribution is 0.364. The van der Waals surface area contributed by atoms with E-state index in [1.54, 1.807) is 0 Å². The Kier molecular flexibility index (Phi) is 5.74. The van der Waals surface area contributed by atoms with Gasteiger partial charge in [-0.25, -0.2) is 0 Å². The highest BCUT2D eigenvalue weighted by Crippen LogP contribution is 2.22. The van der Waals surface area contributed by atoms with Gasteiger partial charge < -0.3 is 0 Å². The molecule has 2 heteroatoms. The van der Waals surface area contributed by atoms with Crippen molar-refractivity contribution in [1.29, 1.82) is 0 Å². The minimum Gasteiger partial charge on any atom is -0.0817 e. The molecule has 0 fully saturated rings. The van der Waals surface area contributed by atoms with Crippen LogP contribution < -0.4 is 0 Å². The van der Waals surface area contributed by atoms with Gasteiger partial charge in [0.2, 0.25) is 0 Å². The average Bonchev–Trinajstić information content (AvgIpc) is 1.78. The summed E-state index contributed by atoms with van der Waals surface area (Å²) < 4.78 is 0. The van der Waals surface area contributed by atoms with Crippen molar-refractivity contribution >= 4 is 22.5 Å². The van der Waals surface area contributed by atoms with Crippen LogP contribution in [-0.4, -0.2) is 5.75 Å². The van der Waals surface area contributed by atoms with Crippen LogP contribution in [0.5, 0.6) is 0 Å². The molecule has 0 atom stereocenters. The molecular weight excluding hydrogens is 160 g/mol. The molecule has 0 rings (SSSR count). The van der Waals surface area contributed by atoms with Crippen molar-refractivity contribution in [2.24, 2.45) is 5.41 Å². The third-order valence-corrected chi connectivity index (χ3v) is 2.36. The van der Waals surface area contributed by atoms with Gasteiger partial charge >= 0.3 is 0 Å². The predicted molar refractivity (Wildman–Crippen MR) is 53.4 cm³/mol. The quantitative estimate of drug-likeness (QED) is 0.461. The van der Waals surface area contributed by atoms with E-state index in [4.69, 9.17) is 11.7 Å². The van der Waals surface area contributed by atoms with Crippen LogP contribution >= 0.6 is 22.5 Å². The van der Waals surface area contributed by atoms with E-state index in [1.807, 2.05) is 0 Å². The average molecular weight is 177 g/mol. The molecule has 0 heterocycles. The van der Waals surface area contributed by atoms with E-state index in [1.165, 1.54) is 30.1 Å². The zero-order valence-electron chi connectivity index (χ0n) is 7.14. The second-order valence-electron chi connectivity index (χ2n) is 3.84. The van der Waals surface area contributed by atoms with Gasteiger partial charge in [0.25, 0.3) is 0 Å². The van der Waals surface area contributed by atoms with E-state index in [9.17, 15) is 0 Å². The molecule has 0 N–H and O–H groups in total. The predicted octanol–water partition coefficient (Wildman–Crippen LogP) is 4.05. The van der Waals surface area contributed by atoms with E-state index in [0.717, 1.165) is 5.75 Å². The zero-order valence-corrected chi connectivity index (χ0v) is 8.78. The molecule has 0 nitrogen and oxygen atoms in total. The Morgan fingerprint density at radius 3 is 2.20 bits per heavy atom. The standard InChI is InChI=1S/C8H17S2/c1-8(2,3)6-4-5-7-10-9/h4-7H2,1-3H3. The van der Waals surface area contributed by atoms with Gasteiger partial charge in [0.05, 0.1) is 0 Å². The maximum Gasteiger partial charge on any atom is 0.00454 e. The van der Waals surface area contributed by atoms with Gasteiger partial charge in [-0.2, -0.15) is 0 Å². The Labute approximate surface area is 74.0 Å². The van der Waals surface area contributed by atoms with Gasteiger partial charge in [-0.3, -0.25) is 0 Å². The van der Waals surface area contributed by atoms with Gasteiger partial charge in [0.15, 0.2) is 0 Å². The first-order valence-electron chi connectivity index (χ1n) is 3.81. The van der Waals surface area contributed by atoms with Gasteiger partial charge in [0, 0.05) is 5.75 Å². The number of hydrogen-bond acceptors (Lipinski definition) is 1. The summed E-state index contributed by atoms with van der Waals surface area (Å²) in [6, 6.07) is 0. The van der Waals surface area contributed by atoms with E-state index < -0.39 is 0 Å². The molecule has 0 aliphatic rings. The molecule has 1 radical (unpaired) electrons. The Morgan fingerprint density at radius 1 is 1.20 bits per heavy atom. The molecule has 10 heavy (non-hydrogen) atoms.